The van der Waals surface area contributed by atoms with Crippen LogP contribution in [-0.2, 0) is 0 Å². The molecule has 0 spiro atoms. The van der Waals surface area contributed by atoms with Gasteiger partial charge in [0, 0.05) is 0 Å². The summed E-state index contributed by atoms with van der Waals surface area (Å²) in [6.07, 6.45) is 0. The van der Waals surface area contributed by atoms with E-state index in [0.29, 0.717) is 31.4 Å². The Kier molecular flexibility index (Phi) is 4.86. The molecule has 0 bridgehead atoms. The molecule has 1 heterocycles. The minimum absolute atomic E-state index is 0.331. The number of amides is 1. The molecule has 0 atom stereocenters. The van der Waals surface area contributed by atoms with Crippen molar-refractivity contribution in [3.05, 3.63) is 74.9 Å². The number of hydrogen-bond acceptors (Lipinski definition) is 3. The standard InChI is InChI=1S/C17H11Cl2NO2S/c18-15-10-12(16(19)23-15)17(21)20-13-8-4-5-9-14(13)22-11-6-2-1-3-7-11/h1-10H,(H,20,21). The Morgan fingerprint density at radius 2 is 1.70 bits per heavy atom. The fourth-order valence-electron chi connectivity index (χ4n) is 1.96. The number of nitrogens with one attached hydrogen (secondary N) is 1. The number of carbonyl (C=O) groups excluding carboxylic acids is 1. The van der Waals surface area contributed by atoms with Crippen molar-refractivity contribution < 1.29 is 9.53 Å². The Hall–Kier alpha value is -2.01. The number of thiophene rings is 1. The average molecular weight is 364 g/mol. The van der Waals surface area contributed by atoms with Crippen molar-refractivity contribution >= 4 is 46.1 Å². The lowest BCUT2D eigenvalue weighted by Gasteiger charge is -2.12. The Balaban J connectivity index is 1.83. The van der Waals surface area contributed by atoms with Gasteiger partial charge in [0.2, 0.25) is 0 Å². The van der Waals surface area contributed by atoms with Gasteiger partial charge in [0.15, 0.2) is 5.75 Å². The monoisotopic (exact) mass is 363 g/mol. The van der Waals surface area contributed by atoms with Crippen molar-refractivity contribution in [2.75, 3.05) is 5.32 Å². The van der Waals surface area contributed by atoms with Crippen molar-refractivity contribution in [1.82, 2.24) is 0 Å². The molecule has 0 unspecified atom stereocenters. The fraction of sp³-hybridized carbons (Fsp3) is 0. The predicted molar refractivity (Wildman–Crippen MR) is 95.3 cm³/mol. The molecule has 0 saturated heterocycles. The number of para-hydroxylation sites is 3. The molecule has 0 aliphatic carbocycles. The van der Waals surface area contributed by atoms with Crippen LogP contribution in [0.2, 0.25) is 8.67 Å². The molecule has 6 heteroatoms. The lowest BCUT2D eigenvalue weighted by atomic mass is 10.2. The number of hydrogen-bond donors (Lipinski definition) is 1. The summed E-state index contributed by atoms with van der Waals surface area (Å²) >= 11 is 13.1. The maximum Gasteiger partial charge on any atom is 0.258 e. The molecule has 116 valence electrons. The van der Waals surface area contributed by atoms with Gasteiger partial charge in [0.1, 0.15) is 10.1 Å². The second kappa shape index (κ2) is 7.04. The van der Waals surface area contributed by atoms with E-state index in [1.165, 1.54) is 0 Å². The van der Waals surface area contributed by atoms with E-state index in [1.54, 1.807) is 18.2 Å². The van der Waals surface area contributed by atoms with Crippen LogP contribution < -0.4 is 10.1 Å². The van der Waals surface area contributed by atoms with Crippen LogP contribution in [0.1, 0.15) is 10.4 Å². The number of ether oxygens (including phenoxy) is 1. The van der Waals surface area contributed by atoms with Crippen LogP contribution in [0.4, 0.5) is 5.69 Å². The molecular weight excluding hydrogens is 353 g/mol. The van der Waals surface area contributed by atoms with Crippen LogP contribution in [0.25, 0.3) is 0 Å². The molecule has 1 aromatic heterocycles. The number of carbonyl (C=O) groups is 1. The topological polar surface area (TPSA) is 38.3 Å². The van der Waals surface area contributed by atoms with Crippen LogP contribution in [0.3, 0.4) is 0 Å². The molecule has 23 heavy (non-hydrogen) atoms. The summed E-state index contributed by atoms with van der Waals surface area (Å²) in [7, 11) is 0. The maximum atomic E-state index is 12.3. The van der Waals surface area contributed by atoms with Gasteiger partial charge in [-0.1, -0.05) is 53.5 Å². The third kappa shape index (κ3) is 3.85. The van der Waals surface area contributed by atoms with Crippen molar-refractivity contribution in [3.63, 3.8) is 0 Å². The van der Waals surface area contributed by atoms with Crippen LogP contribution in [-0.4, -0.2) is 5.91 Å². The largest absolute Gasteiger partial charge is 0.455 e. The van der Waals surface area contributed by atoms with Gasteiger partial charge in [-0.15, -0.1) is 11.3 Å². The lowest BCUT2D eigenvalue weighted by Crippen LogP contribution is -2.12. The van der Waals surface area contributed by atoms with Gasteiger partial charge in [-0.25, -0.2) is 0 Å². The fourth-order valence-corrected chi connectivity index (χ4v) is 3.42. The first-order chi connectivity index (χ1) is 11.1. The first kappa shape index (κ1) is 15.9. The molecule has 0 aliphatic rings. The zero-order valence-electron chi connectivity index (χ0n) is 11.8. The van der Waals surface area contributed by atoms with E-state index in [2.05, 4.69) is 5.32 Å². The van der Waals surface area contributed by atoms with Gasteiger partial charge < -0.3 is 10.1 Å². The summed E-state index contributed by atoms with van der Waals surface area (Å²) in [4.78, 5) is 12.3. The summed E-state index contributed by atoms with van der Waals surface area (Å²) in [5.74, 6) is 0.901. The van der Waals surface area contributed by atoms with Gasteiger partial charge in [-0.2, -0.15) is 0 Å². The molecule has 0 aliphatic heterocycles. The van der Waals surface area contributed by atoms with Crippen LogP contribution in [0, 0.1) is 0 Å². The Morgan fingerprint density at radius 3 is 2.39 bits per heavy atom. The van der Waals surface area contributed by atoms with Gasteiger partial charge >= 0.3 is 0 Å². The molecule has 0 saturated carbocycles. The third-order valence-corrected chi connectivity index (χ3v) is 4.50. The first-order valence-electron chi connectivity index (χ1n) is 6.71. The molecule has 3 nitrogen and oxygen atoms in total. The van der Waals surface area contributed by atoms with E-state index in [4.69, 9.17) is 27.9 Å². The van der Waals surface area contributed by atoms with Crippen molar-refractivity contribution in [1.29, 1.82) is 0 Å². The van der Waals surface area contributed by atoms with Crippen LogP contribution in [0.5, 0.6) is 11.5 Å². The van der Waals surface area contributed by atoms with Crippen LogP contribution >= 0.6 is 34.5 Å². The maximum absolute atomic E-state index is 12.3. The second-order valence-corrected chi connectivity index (χ2v) is 6.89. The highest BCUT2D eigenvalue weighted by Crippen LogP contribution is 2.33. The minimum atomic E-state index is -0.331. The van der Waals surface area contributed by atoms with Crippen molar-refractivity contribution in [3.8, 4) is 11.5 Å². The number of benzene rings is 2. The quantitative estimate of drug-likeness (QED) is 0.607. The average Bonchev–Trinajstić information content (AvgIpc) is 2.89. The SMILES string of the molecule is O=C(Nc1ccccc1Oc1ccccc1)c1cc(Cl)sc1Cl. The highest BCUT2D eigenvalue weighted by Gasteiger charge is 2.16. The Labute approximate surface area is 147 Å². The van der Waals surface area contributed by atoms with Gasteiger partial charge in [-0.3, -0.25) is 4.79 Å². The van der Waals surface area contributed by atoms with Crippen molar-refractivity contribution in [2.24, 2.45) is 0 Å². The van der Waals surface area contributed by atoms with Gasteiger partial charge in [0.25, 0.3) is 5.91 Å². The summed E-state index contributed by atoms with van der Waals surface area (Å²) in [5, 5.41) is 2.80. The summed E-state index contributed by atoms with van der Waals surface area (Å²) in [5.41, 5.74) is 0.899. The van der Waals surface area contributed by atoms with Gasteiger partial charge in [0.05, 0.1) is 15.6 Å². The Bertz CT molecular complexity index is 834. The normalized spacial score (nSPS) is 10.3. The molecule has 3 aromatic rings. The number of halogens is 2. The van der Waals surface area contributed by atoms with E-state index in [-0.39, 0.29) is 5.91 Å². The molecule has 3 rings (SSSR count). The lowest BCUT2D eigenvalue weighted by molar-refractivity contribution is 0.102. The predicted octanol–water partition coefficient (Wildman–Crippen LogP) is 6.10. The zero-order chi connectivity index (χ0) is 16.2. The molecule has 0 radical (unpaired) electrons. The Morgan fingerprint density at radius 1 is 1.00 bits per heavy atom. The first-order valence-corrected chi connectivity index (χ1v) is 8.29. The molecule has 0 fully saturated rings. The molecule has 1 N–H and O–H groups in total. The summed E-state index contributed by atoms with van der Waals surface area (Å²) < 4.78 is 6.63. The number of rotatable bonds is 4. The summed E-state index contributed by atoms with van der Waals surface area (Å²) in [6.45, 7) is 0. The smallest absolute Gasteiger partial charge is 0.258 e. The number of anilines is 1. The second-order valence-electron chi connectivity index (χ2n) is 4.60. The minimum Gasteiger partial charge on any atom is -0.455 e. The highest BCUT2D eigenvalue weighted by atomic mass is 35.5. The van der Waals surface area contributed by atoms with E-state index >= 15 is 0 Å². The van der Waals surface area contributed by atoms with Crippen molar-refractivity contribution in [2.45, 2.75) is 0 Å². The van der Waals surface area contributed by atoms with Gasteiger partial charge in [-0.05, 0) is 30.3 Å². The summed E-state index contributed by atoms with van der Waals surface area (Å²) in [6, 6.07) is 18.1. The molecule has 1 amide bonds. The van der Waals surface area contributed by atoms with E-state index in [1.807, 2.05) is 42.5 Å². The molecule has 2 aromatic carbocycles. The van der Waals surface area contributed by atoms with E-state index < -0.39 is 0 Å². The van der Waals surface area contributed by atoms with Crippen LogP contribution in [0.15, 0.2) is 60.7 Å². The highest BCUT2D eigenvalue weighted by molar-refractivity contribution is 7.20. The van der Waals surface area contributed by atoms with E-state index in [0.717, 1.165) is 11.3 Å². The third-order valence-electron chi connectivity index (χ3n) is 3.01. The van der Waals surface area contributed by atoms with E-state index in [9.17, 15) is 4.79 Å². The zero-order valence-corrected chi connectivity index (χ0v) is 14.1. The molecular formula is C17H11Cl2NO2S.